The molecule has 0 bridgehead atoms. The van der Waals surface area contributed by atoms with E-state index in [0.29, 0.717) is 5.69 Å². The minimum absolute atomic E-state index is 0.0134. The van der Waals surface area contributed by atoms with Gasteiger partial charge in [0, 0.05) is 28.2 Å². The minimum Gasteiger partial charge on any atom is -0.332 e. The third-order valence-corrected chi connectivity index (χ3v) is 6.14. The molecule has 1 unspecified atom stereocenters. The molecule has 1 fully saturated rings. The minimum atomic E-state index is -4.54. The van der Waals surface area contributed by atoms with Gasteiger partial charge in [-0.2, -0.15) is 13.2 Å². The van der Waals surface area contributed by atoms with Crippen molar-refractivity contribution in [2.24, 2.45) is 0 Å². The van der Waals surface area contributed by atoms with Crippen LogP contribution in [-0.4, -0.2) is 38.8 Å². The van der Waals surface area contributed by atoms with Crippen molar-refractivity contribution in [3.63, 3.8) is 0 Å². The number of aryl methyl sites for hydroxylation is 2. The summed E-state index contributed by atoms with van der Waals surface area (Å²) >= 11 is 0. The number of rotatable bonds is 4. The van der Waals surface area contributed by atoms with Gasteiger partial charge in [-0.1, -0.05) is 12.1 Å². The van der Waals surface area contributed by atoms with Gasteiger partial charge < -0.3 is 9.80 Å². The number of benzene rings is 1. The van der Waals surface area contributed by atoms with Gasteiger partial charge in [0.25, 0.3) is 5.91 Å². The normalized spacial score (nSPS) is 19.4. The Kier molecular flexibility index (Phi) is 6.21. The molecule has 0 aliphatic carbocycles. The highest BCUT2D eigenvalue weighted by atomic mass is 32.2. The topological polar surface area (TPSA) is 53.5 Å². The standard InChI is InChI=1S/C21H24F3N3O2S/c1-13(2)27(17-7-5-6-14(3)8-17)20(28)18-11-30(29)12-26(18)19-10-16(21(22,23)24)9-15(4)25-19/h5-10,13,18H,11-12H2,1-4H3/t18-,30?/m0/s1. The van der Waals surface area contributed by atoms with Crippen LogP contribution in [0.4, 0.5) is 24.7 Å². The number of aromatic nitrogens is 1. The summed E-state index contributed by atoms with van der Waals surface area (Å²) in [7, 11) is -1.37. The van der Waals surface area contributed by atoms with Crippen LogP contribution in [0, 0.1) is 13.8 Å². The number of pyridine rings is 1. The molecule has 162 valence electrons. The summed E-state index contributed by atoms with van der Waals surface area (Å²) in [4.78, 5) is 20.7. The Hall–Kier alpha value is -2.42. The third-order valence-electron chi connectivity index (χ3n) is 4.88. The molecule has 1 amide bonds. The second-order valence-corrected chi connectivity index (χ2v) is 9.19. The van der Waals surface area contributed by atoms with Gasteiger partial charge in [0.1, 0.15) is 11.9 Å². The Balaban J connectivity index is 2.01. The van der Waals surface area contributed by atoms with E-state index in [2.05, 4.69) is 4.98 Å². The van der Waals surface area contributed by atoms with Crippen molar-refractivity contribution in [1.29, 1.82) is 0 Å². The first kappa shape index (κ1) is 22.3. The van der Waals surface area contributed by atoms with Gasteiger partial charge in [-0.3, -0.25) is 9.00 Å². The molecular weight excluding hydrogens is 415 g/mol. The van der Waals surface area contributed by atoms with Crippen molar-refractivity contribution in [3.8, 4) is 0 Å². The molecule has 1 saturated heterocycles. The van der Waals surface area contributed by atoms with E-state index in [1.165, 1.54) is 11.8 Å². The number of hydrogen-bond donors (Lipinski definition) is 0. The lowest BCUT2D eigenvalue weighted by Crippen LogP contribution is -2.50. The van der Waals surface area contributed by atoms with Crippen molar-refractivity contribution in [1.82, 2.24) is 4.98 Å². The van der Waals surface area contributed by atoms with Crippen LogP contribution < -0.4 is 9.80 Å². The number of hydrogen-bond acceptors (Lipinski definition) is 4. The molecule has 1 aromatic heterocycles. The molecule has 0 radical (unpaired) electrons. The van der Waals surface area contributed by atoms with Crippen molar-refractivity contribution in [2.75, 3.05) is 21.4 Å². The molecule has 0 N–H and O–H groups in total. The van der Waals surface area contributed by atoms with Gasteiger partial charge in [-0.05, 0) is 57.5 Å². The molecule has 9 heteroatoms. The van der Waals surface area contributed by atoms with Crippen LogP contribution in [0.3, 0.4) is 0 Å². The zero-order valence-corrected chi connectivity index (χ0v) is 18.0. The average Bonchev–Trinajstić information content (AvgIpc) is 3.02. The zero-order chi connectivity index (χ0) is 22.2. The van der Waals surface area contributed by atoms with Gasteiger partial charge in [0.05, 0.1) is 17.2 Å². The highest BCUT2D eigenvalue weighted by Gasteiger charge is 2.40. The monoisotopic (exact) mass is 439 g/mol. The summed E-state index contributed by atoms with van der Waals surface area (Å²) in [5.74, 6) is -0.285. The van der Waals surface area contributed by atoms with Crippen molar-refractivity contribution in [2.45, 2.75) is 46.0 Å². The number of amides is 1. The SMILES string of the molecule is Cc1cccc(N(C(=O)[C@@H]2CS(=O)CN2c2cc(C(F)(F)F)cc(C)n2)C(C)C)c1. The maximum Gasteiger partial charge on any atom is 0.416 e. The fourth-order valence-corrected chi connectivity index (χ4v) is 4.98. The number of anilines is 2. The molecule has 5 nitrogen and oxygen atoms in total. The van der Waals surface area contributed by atoms with E-state index in [4.69, 9.17) is 0 Å². The van der Waals surface area contributed by atoms with E-state index in [1.807, 2.05) is 45.0 Å². The van der Waals surface area contributed by atoms with Gasteiger partial charge in [0.2, 0.25) is 0 Å². The summed E-state index contributed by atoms with van der Waals surface area (Å²) in [6.07, 6.45) is -4.54. The number of carbonyl (C=O) groups is 1. The fourth-order valence-electron chi connectivity index (χ4n) is 3.57. The molecule has 2 atom stereocenters. The van der Waals surface area contributed by atoms with Crippen LogP contribution in [0.25, 0.3) is 0 Å². The summed E-state index contributed by atoms with van der Waals surface area (Å²) in [5.41, 5.74) is 1.02. The predicted octanol–water partition coefficient (Wildman–Crippen LogP) is 4.05. The molecule has 1 aliphatic rings. The van der Waals surface area contributed by atoms with Crippen LogP contribution in [-0.2, 0) is 21.8 Å². The van der Waals surface area contributed by atoms with Crippen LogP contribution >= 0.6 is 0 Å². The first-order chi connectivity index (χ1) is 14.0. The average molecular weight is 440 g/mol. The maximum atomic E-state index is 13.5. The van der Waals surface area contributed by atoms with E-state index in [-0.39, 0.29) is 35.1 Å². The molecular formula is C21H24F3N3O2S. The highest BCUT2D eigenvalue weighted by molar-refractivity contribution is 7.85. The Bertz CT molecular complexity index is 978. The molecule has 2 aromatic rings. The second-order valence-electron chi connectivity index (χ2n) is 7.72. The van der Waals surface area contributed by atoms with Gasteiger partial charge >= 0.3 is 6.18 Å². The first-order valence-electron chi connectivity index (χ1n) is 9.54. The van der Waals surface area contributed by atoms with Crippen LogP contribution in [0.5, 0.6) is 0 Å². The molecule has 3 rings (SSSR count). The van der Waals surface area contributed by atoms with Gasteiger partial charge in [-0.25, -0.2) is 4.98 Å². The van der Waals surface area contributed by atoms with Crippen LogP contribution in [0.1, 0.15) is 30.7 Å². The molecule has 0 saturated carbocycles. The van der Waals surface area contributed by atoms with Gasteiger partial charge in [0.15, 0.2) is 0 Å². The third kappa shape index (κ3) is 4.66. The first-order valence-corrected chi connectivity index (χ1v) is 11.0. The Morgan fingerprint density at radius 2 is 1.93 bits per heavy atom. The van der Waals surface area contributed by atoms with E-state index >= 15 is 0 Å². The Morgan fingerprint density at radius 3 is 2.53 bits per heavy atom. The zero-order valence-electron chi connectivity index (χ0n) is 17.2. The van der Waals surface area contributed by atoms with Crippen LogP contribution in [0.15, 0.2) is 36.4 Å². The van der Waals surface area contributed by atoms with E-state index < -0.39 is 28.6 Å². The molecule has 2 heterocycles. The van der Waals surface area contributed by atoms with Crippen molar-refractivity contribution < 1.29 is 22.2 Å². The van der Waals surface area contributed by atoms with E-state index in [1.54, 1.807) is 4.90 Å². The molecule has 1 aromatic carbocycles. The number of alkyl halides is 3. The highest BCUT2D eigenvalue weighted by Crippen LogP contribution is 2.33. The lowest BCUT2D eigenvalue weighted by atomic mass is 10.1. The van der Waals surface area contributed by atoms with Crippen molar-refractivity contribution in [3.05, 3.63) is 53.2 Å². The summed E-state index contributed by atoms with van der Waals surface area (Å²) in [6, 6.07) is 8.28. The predicted molar refractivity (Wildman–Crippen MR) is 112 cm³/mol. The Labute approximate surface area is 176 Å². The molecule has 0 spiro atoms. The smallest absolute Gasteiger partial charge is 0.332 e. The lowest BCUT2D eigenvalue weighted by Gasteiger charge is -2.33. The Morgan fingerprint density at radius 1 is 1.23 bits per heavy atom. The summed E-state index contributed by atoms with van der Waals surface area (Å²) in [5, 5.41) is 0. The summed E-state index contributed by atoms with van der Waals surface area (Å²) < 4.78 is 52.2. The van der Waals surface area contributed by atoms with Gasteiger partial charge in [-0.15, -0.1) is 0 Å². The second kappa shape index (κ2) is 8.37. The van der Waals surface area contributed by atoms with E-state index in [0.717, 1.165) is 17.7 Å². The largest absolute Gasteiger partial charge is 0.416 e. The van der Waals surface area contributed by atoms with Crippen molar-refractivity contribution >= 4 is 28.2 Å². The number of nitrogens with zero attached hydrogens (tertiary/aromatic N) is 3. The fraction of sp³-hybridized carbons (Fsp3) is 0.429. The van der Waals surface area contributed by atoms with Crippen LogP contribution in [0.2, 0.25) is 0 Å². The number of carbonyl (C=O) groups excluding carboxylic acids is 1. The maximum absolute atomic E-state index is 13.5. The summed E-state index contributed by atoms with van der Waals surface area (Å²) in [6.45, 7) is 7.11. The quantitative estimate of drug-likeness (QED) is 0.721. The number of halogens is 3. The lowest BCUT2D eigenvalue weighted by molar-refractivity contribution is -0.137. The molecule has 30 heavy (non-hydrogen) atoms. The van der Waals surface area contributed by atoms with E-state index in [9.17, 15) is 22.2 Å². The molecule has 1 aliphatic heterocycles.